The Morgan fingerprint density at radius 1 is 1.39 bits per heavy atom. The Labute approximate surface area is 168 Å². The SMILES string of the molecule is COc1ccc(NC(=O)C(C)OC(=O)c2nc(SC)ncc2Cl)c([N+](=O)[O-])c1. The number of anilines is 1. The first-order chi connectivity index (χ1) is 13.3. The topological polar surface area (TPSA) is 134 Å². The van der Waals surface area contributed by atoms with E-state index in [9.17, 15) is 19.7 Å². The number of carbonyl (C=O) groups is 2. The summed E-state index contributed by atoms with van der Waals surface area (Å²) in [5, 5.41) is 13.8. The summed E-state index contributed by atoms with van der Waals surface area (Å²) < 4.78 is 10.00. The molecule has 1 unspecified atom stereocenters. The number of benzene rings is 1. The minimum Gasteiger partial charge on any atom is -0.496 e. The fourth-order valence-electron chi connectivity index (χ4n) is 1.99. The molecular formula is C16H15ClN4O6S. The van der Waals surface area contributed by atoms with Gasteiger partial charge in [0.1, 0.15) is 11.4 Å². The first-order valence-electron chi connectivity index (χ1n) is 7.67. The second kappa shape index (κ2) is 9.33. The summed E-state index contributed by atoms with van der Waals surface area (Å²) in [6, 6.07) is 3.93. The van der Waals surface area contributed by atoms with Gasteiger partial charge in [0.05, 0.1) is 29.3 Å². The molecule has 2 rings (SSSR count). The molecule has 0 radical (unpaired) electrons. The molecule has 1 aromatic heterocycles. The van der Waals surface area contributed by atoms with E-state index in [-0.39, 0.29) is 27.8 Å². The predicted octanol–water partition coefficient (Wildman–Crippen LogP) is 2.95. The summed E-state index contributed by atoms with van der Waals surface area (Å²) in [6.45, 7) is 1.31. The Kier molecular flexibility index (Phi) is 7.12. The third-order valence-electron chi connectivity index (χ3n) is 3.41. The Bertz CT molecular complexity index is 926. The number of ether oxygens (including phenoxy) is 2. The number of amides is 1. The molecule has 10 nitrogen and oxygen atoms in total. The molecule has 1 N–H and O–H groups in total. The molecule has 1 atom stereocenters. The number of esters is 1. The van der Waals surface area contributed by atoms with Crippen molar-refractivity contribution in [2.75, 3.05) is 18.7 Å². The number of hydrogen-bond acceptors (Lipinski definition) is 9. The second-order valence-corrected chi connectivity index (χ2v) is 6.41. The number of halogens is 1. The smallest absolute Gasteiger partial charge is 0.359 e. The molecule has 0 aliphatic carbocycles. The third kappa shape index (κ3) is 5.08. The number of aromatic nitrogens is 2. The molecule has 0 bridgehead atoms. The van der Waals surface area contributed by atoms with E-state index in [1.54, 1.807) is 6.26 Å². The van der Waals surface area contributed by atoms with E-state index < -0.39 is 22.9 Å². The number of nitrogens with one attached hydrogen (secondary N) is 1. The average Bonchev–Trinajstić information content (AvgIpc) is 2.68. The highest BCUT2D eigenvalue weighted by Gasteiger charge is 2.25. The molecule has 0 fully saturated rings. The lowest BCUT2D eigenvalue weighted by Crippen LogP contribution is -2.30. The number of hydrogen-bond donors (Lipinski definition) is 1. The Hall–Kier alpha value is -2.92. The van der Waals surface area contributed by atoms with Crippen LogP contribution in [-0.2, 0) is 9.53 Å². The molecule has 0 aliphatic heterocycles. The quantitative estimate of drug-likeness (QED) is 0.233. The summed E-state index contributed by atoms with van der Waals surface area (Å²) >= 11 is 7.10. The maximum Gasteiger partial charge on any atom is 0.359 e. The number of nitro groups is 1. The summed E-state index contributed by atoms with van der Waals surface area (Å²) in [5.41, 5.74) is -0.616. The van der Waals surface area contributed by atoms with Gasteiger partial charge in [0.25, 0.3) is 11.6 Å². The van der Waals surface area contributed by atoms with Gasteiger partial charge in [-0.3, -0.25) is 14.9 Å². The number of nitrogens with zero attached hydrogens (tertiary/aromatic N) is 3. The van der Waals surface area contributed by atoms with Gasteiger partial charge in [-0.15, -0.1) is 0 Å². The molecule has 0 saturated carbocycles. The van der Waals surface area contributed by atoms with E-state index in [1.807, 2.05) is 0 Å². The van der Waals surface area contributed by atoms with Gasteiger partial charge in [0.2, 0.25) is 0 Å². The summed E-state index contributed by atoms with van der Waals surface area (Å²) in [4.78, 5) is 42.9. The Morgan fingerprint density at radius 2 is 2.11 bits per heavy atom. The average molecular weight is 427 g/mol. The normalized spacial score (nSPS) is 11.4. The molecule has 12 heteroatoms. The van der Waals surface area contributed by atoms with E-state index in [2.05, 4.69) is 15.3 Å². The largest absolute Gasteiger partial charge is 0.496 e. The van der Waals surface area contributed by atoms with Gasteiger partial charge in [-0.1, -0.05) is 23.4 Å². The van der Waals surface area contributed by atoms with Crippen LogP contribution in [0.5, 0.6) is 5.75 Å². The minimum absolute atomic E-state index is 0.0267. The van der Waals surface area contributed by atoms with Crippen molar-refractivity contribution >= 4 is 46.6 Å². The second-order valence-electron chi connectivity index (χ2n) is 5.23. The van der Waals surface area contributed by atoms with Crippen LogP contribution in [0.1, 0.15) is 17.4 Å². The van der Waals surface area contributed by atoms with Crippen molar-refractivity contribution in [3.05, 3.63) is 45.2 Å². The zero-order valence-electron chi connectivity index (χ0n) is 15.0. The van der Waals surface area contributed by atoms with E-state index >= 15 is 0 Å². The zero-order valence-corrected chi connectivity index (χ0v) is 16.5. The van der Waals surface area contributed by atoms with Crippen LogP contribution in [-0.4, -0.2) is 46.2 Å². The fraction of sp³-hybridized carbons (Fsp3) is 0.250. The van der Waals surface area contributed by atoms with Crippen LogP contribution >= 0.6 is 23.4 Å². The third-order valence-corrected chi connectivity index (χ3v) is 4.25. The van der Waals surface area contributed by atoms with Crippen LogP contribution in [0.2, 0.25) is 5.02 Å². The van der Waals surface area contributed by atoms with Crippen molar-refractivity contribution in [3.63, 3.8) is 0 Å². The Morgan fingerprint density at radius 3 is 2.71 bits per heavy atom. The molecule has 0 spiro atoms. The summed E-state index contributed by atoms with van der Waals surface area (Å²) in [6.07, 6.45) is 1.71. The molecule has 1 heterocycles. The molecule has 1 amide bonds. The van der Waals surface area contributed by atoms with Gasteiger partial charge in [0.15, 0.2) is 17.0 Å². The predicted molar refractivity (Wildman–Crippen MR) is 102 cm³/mol. The van der Waals surface area contributed by atoms with Crippen LogP contribution in [0, 0.1) is 10.1 Å². The van der Waals surface area contributed by atoms with Crippen molar-refractivity contribution in [3.8, 4) is 5.75 Å². The van der Waals surface area contributed by atoms with Gasteiger partial charge >= 0.3 is 5.97 Å². The number of carbonyl (C=O) groups excluding carboxylic acids is 2. The first-order valence-corrected chi connectivity index (χ1v) is 9.28. The number of rotatable bonds is 7. The van der Waals surface area contributed by atoms with Crippen LogP contribution in [0.4, 0.5) is 11.4 Å². The van der Waals surface area contributed by atoms with Gasteiger partial charge in [-0.25, -0.2) is 14.8 Å². The van der Waals surface area contributed by atoms with Gasteiger partial charge < -0.3 is 14.8 Å². The van der Waals surface area contributed by atoms with Crippen molar-refractivity contribution < 1.29 is 24.0 Å². The maximum atomic E-state index is 12.3. The van der Waals surface area contributed by atoms with Crippen LogP contribution in [0.15, 0.2) is 29.6 Å². The lowest BCUT2D eigenvalue weighted by Gasteiger charge is -2.14. The summed E-state index contributed by atoms with van der Waals surface area (Å²) in [5.74, 6) is -1.43. The highest BCUT2D eigenvalue weighted by molar-refractivity contribution is 7.98. The van der Waals surface area contributed by atoms with Gasteiger partial charge in [0, 0.05) is 0 Å². The standard InChI is InChI=1S/C16H15ClN4O6S/c1-8(27-15(23)13-10(17)7-18-16(20-13)28-3)14(22)19-11-5-4-9(26-2)6-12(11)21(24)25/h4-8H,1-3H3,(H,19,22). The van der Waals surface area contributed by atoms with Crippen molar-refractivity contribution in [2.45, 2.75) is 18.2 Å². The monoisotopic (exact) mass is 426 g/mol. The summed E-state index contributed by atoms with van der Waals surface area (Å²) in [7, 11) is 1.36. The molecule has 0 aliphatic rings. The lowest BCUT2D eigenvalue weighted by molar-refractivity contribution is -0.384. The molecule has 148 valence electrons. The number of nitro benzene ring substituents is 1. The maximum absolute atomic E-state index is 12.3. The fourth-order valence-corrected chi connectivity index (χ4v) is 2.50. The Balaban J connectivity index is 2.13. The van der Waals surface area contributed by atoms with Crippen molar-refractivity contribution in [1.82, 2.24) is 9.97 Å². The number of thioether (sulfide) groups is 1. The highest BCUT2D eigenvalue weighted by Crippen LogP contribution is 2.29. The van der Waals surface area contributed by atoms with Crippen LogP contribution < -0.4 is 10.1 Å². The first kappa shape index (κ1) is 21.4. The van der Waals surface area contributed by atoms with E-state index in [0.29, 0.717) is 5.16 Å². The van der Waals surface area contributed by atoms with Gasteiger partial charge in [-0.2, -0.15) is 0 Å². The van der Waals surface area contributed by atoms with E-state index in [4.69, 9.17) is 21.1 Å². The van der Waals surface area contributed by atoms with Crippen molar-refractivity contribution in [1.29, 1.82) is 0 Å². The highest BCUT2D eigenvalue weighted by atomic mass is 35.5. The van der Waals surface area contributed by atoms with Crippen molar-refractivity contribution in [2.24, 2.45) is 0 Å². The molecule has 2 aromatic rings. The molecule has 1 aromatic carbocycles. The molecule has 28 heavy (non-hydrogen) atoms. The molecular weight excluding hydrogens is 412 g/mol. The van der Waals surface area contributed by atoms with E-state index in [0.717, 1.165) is 6.07 Å². The zero-order chi connectivity index (χ0) is 20.8. The molecule has 0 saturated heterocycles. The van der Waals surface area contributed by atoms with Crippen LogP contribution in [0.3, 0.4) is 0 Å². The number of methoxy groups -OCH3 is 1. The minimum atomic E-state index is -1.27. The van der Waals surface area contributed by atoms with Crippen LogP contribution in [0.25, 0.3) is 0 Å². The lowest BCUT2D eigenvalue weighted by atomic mass is 10.2. The van der Waals surface area contributed by atoms with E-state index in [1.165, 1.54) is 44.1 Å². The van der Waals surface area contributed by atoms with Gasteiger partial charge in [-0.05, 0) is 25.3 Å².